The van der Waals surface area contributed by atoms with Crippen LogP contribution in [0, 0.1) is 11.6 Å². The zero-order valence-electron chi connectivity index (χ0n) is 11.3. The first kappa shape index (κ1) is 15.0. The molecule has 0 aromatic heterocycles. The van der Waals surface area contributed by atoms with Crippen molar-refractivity contribution in [1.82, 2.24) is 0 Å². The van der Waals surface area contributed by atoms with Crippen LogP contribution >= 0.6 is 27.5 Å². The van der Waals surface area contributed by atoms with Crippen molar-refractivity contribution in [3.05, 3.63) is 69.2 Å². The van der Waals surface area contributed by atoms with Crippen LogP contribution in [0.3, 0.4) is 0 Å². The van der Waals surface area contributed by atoms with Crippen LogP contribution in [-0.2, 0) is 6.42 Å². The van der Waals surface area contributed by atoms with Gasteiger partial charge in [0.15, 0.2) is 0 Å². The molecule has 0 amide bonds. The molecule has 2 aromatic rings. The third-order valence-electron chi connectivity index (χ3n) is 4.11. The van der Waals surface area contributed by atoms with Gasteiger partial charge in [-0.25, -0.2) is 8.78 Å². The van der Waals surface area contributed by atoms with E-state index < -0.39 is 17.0 Å². The number of benzene rings is 2. The highest BCUT2D eigenvalue weighted by molar-refractivity contribution is 9.10. The average molecular weight is 372 g/mol. The van der Waals surface area contributed by atoms with Crippen molar-refractivity contribution in [2.45, 2.75) is 30.6 Å². The first-order chi connectivity index (χ1) is 10.1. The monoisotopic (exact) mass is 370 g/mol. The van der Waals surface area contributed by atoms with Gasteiger partial charge in [0, 0.05) is 11.5 Å². The van der Waals surface area contributed by atoms with Gasteiger partial charge in [0.05, 0.1) is 9.85 Å². The Morgan fingerprint density at radius 3 is 2.71 bits per heavy atom. The molecule has 0 N–H and O–H groups in total. The Labute approximate surface area is 136 Å². The van der Waals surface area contributed by atoms with E-state index in [1.54, 1.807) is 0 Å². The maximum absolute atomic E-state index is 14.1. The van der Waals surface area contributed by atoms with Crippen LogP contribution < -0.4 is 0 Å². The molecule has 0 spiro atoms. The quantitative estimate of drug-likeness (QED) is 0.440. The summed E-state index contributed by atoms with van der Waals surface area (Å²) in [6.45, 7) is 0. The van der Waals surface area contributed by atoms with Gasteiger partial charge in [-0.3, -0.25) is 0 Å². The first-order valence-corrected chi connectivity index (χ1v) is 8.17. The largest absolute Gasteiger partial charge is 0.207 e. The van der Waals surface area contributed by atoms with E-state index in [-0.39, 0.29) is 16.0 Å². The molecule has 0 heterocycles. The minimum atomic E-state index is -0.561. The lowest BCUT2D eigenvalue weighted by atomic mass is 9.79. The highest BCUT2D eigenvalue weighted by Gasteiger charge is 2.29. The van der Waals surface area contributed by atoms with Crippen molar-refractivity contribution in [2.75, 3.05) is 0 Å². The Morgan fingerprint density at radius 2 is 1.90 bits per heavy atom. The van der Waals surface area contributed by atoms with Crippen molar-refractivity contribution in [2.24, 2.45) is 0 Å². The summed E-state index contributed by atoms with van der Waals surface area (Å²) >= 11 is 9.51. The second kappa shape index (κ2) is 6.05. The van der Waals surface area contributed by atoms with Gasteiger partial charge in [-0.1, -0.05) is 24.3 Å². The van der Waals surface area contributed by atoms with E-state index in [0.29, 0.717) is 0 Å². The summed E-state index contributed by atoms with van der Waals surface area (Å²) in [6.07, 6.45) is 2.93. The van der Waals surface area contributed by atoms with Crippen LogP contribution in [-0.4, -0.2) is 0 Å². The first-order valence-electron chi connectivity index (χ1n) is 6.94. The fraction of sp³-hybridized carbons (Fsp3) is 0.294. The van der Waals surface area contributed by atoms with Gasteiger partial charge < -0.3 is 0 Å². The van der Waals surface area contributed by atoms with Crippen molar-refractivity contribution in [3.63, 3.8) is 0 Å². The van der Waals surface area contributed by atoms with Crippen molar-refractivity contribution in [3.8, 4) is 0 Å². The molecule has 21 heavy (non-hydrogen) atoms. The normalized spacial score (nSPS) is 19.1. The molecule has 1 aliphatic rings. The number of halogens is 4. The van der Waals surface area contributed by atoms with E-state index in [1.807, 2.05) is 18.2 Å². The van der Waals surface area contributed by atoms with E-state index in [9.17, 15) is 8.78 Å². The van der Waals surface area contributed by atoms with Crippen LogP contribution in [0.2, 0.25) is 0 Å². The molecular formula is C17H14BrClF2. The Hall–Kier alpha value is -0.930. The lowest BCUT2D eigenvalue weighted by molar-refractivity contribution is 0.513. The molecule has 0 fully saturated rings. The van der Waals surface area contributed by atoms with E-state index in [1.165, 1.54) is 11.6 Å². The summed E-state index contributed by atoms with van der Waals surface area (Å²) in [5, 5.41) is -0.561. The van der Waals surface area contributed by atoms with Crippen LogP contribution in [0.4, 0.5) is 8.78 Å². The zero-order valence-corrected chi connectivity index (χ0v) is 13.6. The van der Waals surface area contributed by atoms with E-state index in [4.69, 9.17) is 11.6 Å². The predicted molar refractivity (Wildman–Crippen MR) is 84.8 cm³/mol. The van der Waals surface area contributed by atoms with E-state index >= 15 is 0 Å². The molecule has 1 aliphatic carbocycles. The minimum Gasteiger partial charge on any atom is -0.207 e. The fourth-order valence-corrected chi connectivity index (χ4v) is 3.81. The van der Waals surface area contributed by atoms with Gasteiger partial charge in [0.2, 0.25) is 0 Å². The summed E-state index contributed by atoms with van der Waals surface area (Å²) in [5.74, 6) is -0.931. The van der Waals surface area contributed by atoms with Crippen molar-refractivity contribution >= 4 is 27.5 Å². The molecule has 0 radical (unpaired) electrons. The summed E-state index contributed by atoms with van der Waals surface area (Å²) in [6, 6.07) is 10.5. The van der Waals surface area contributed by atoms with Gasteiger partial charge in [-0.05, 0) is 58.5 Å². The van der Waals surface area contributed by atoms with Gasteiger partial charge in [-0.2, -0.15) is 0 Å². The Bertz CT molecular complexity index is 672. The van der Waals surface area contributed by atoms with Gasteiger partial charge in [-0.15, -0.1) is 11.6 Å². The highest BCUT2D eigenvalue weighted by atomic mass is 79.9. The van der Waals surface area contributed by atoms with Crippen LogP contribution in [0.5, 0.6) is 0 Å². The lowest BCUT2D eigenvalue weighted by Gasteiger charge is -2.29. The third-order valence-corrected chi connectivity index (χ3v) is 5.25. The van der Waals surface area contributed by atoms with Gasteiger partial charge in [0.1, 0.15) is 11.6 Å². The molecule has 4 heteroatoms. The smallest absolute Gasteiger partial charge is 0.137 e. The van der Waals surface area contributed by atoms with Crippen LogP contribution in [0.25, 0.3) is 0 Å². The topological polar surface area (TPSA) is 0 Å². The molecule has 0 saturated carbocycles. The molecule has 0 saturated heterocycles. The molecule has 2 atom stereocenters. The van der Waals surface area contributed by atoms with Gasteiger partial charge in [0.25, 0.3) is 0 Å². The molecule has 0 aliphatic heterocycles. The predicted octanol–water partition coefficient (Wildman–Crippen LogP) is 6.13. The molecular weight excluding hydrogens is 358 g/mol. The van der Waals surface area contributed by atoms with E-state index in [2.05, 4.69) is 22.0 Å². The molecule has 0 nitrogen and oxygen atoms in total. The summed E-state index contributed by atoms with van der Waals surface area (Å²) < 4.78 is 28.0. The highest BCUT2D eigenvalue weighted by Crippen LogP contribution is 2.45. The molecule has 2 aromatic carbocycles. The van der Waals surface area contributed by atoms with Crippen molar-refractivity contribution in [1.29, 1.82) is 0 Å². The lowest BCUT2D eigenvalue weighted by Crippen LogP contribution is -2.15. The number of rotatable bonds is 2. The maximum atomic E-state index is 14.1. The summed E-state index contributed by atoms with van der Waals surface area (Å²) in [7, 11) is 0. The Morgan fingerprint density at radius 1 is 1.14 bits per heavy atom. The maximum Gasteiger partial charge on any atom is 0.137 e. The zero-order chi connectivity index (χ0) is 15.0. The van der Waals surface area contributed by atoms with Gasteiger partial charge >= 0.3 is 0 Å². The molecule has 0 bridgehead atoms. The van der Waals surface area contributed by atoms with Crippen LogP contribution in [0.15, 0.2) is 40.9 Å². The SMILES string of the molecule is Fc1cc(C(Cl)C2CCCc3ccccc32)c(F)cc1Br. The van der Waals surface area contributed by atoms with E-state index in [0.717, 1.165) is 30.9 Å². The Balaban J connectivity index is 2.00. The molecule has 3 rings (SSSR count). The Kier molecular flexibility index (Phi) is 4.32. The van der Waals surface area contributed by atoms with Crippen molar-refractivity contribution < 1.29 is 8.78 Å². The summed E-state index contributed by atoms with van der Waals surface area (Å²) in [5.41, 5.74) is 2.66. The number of fused-ring (bicyclic) bond motifs is 1. The molecule has 110 valence electrons. The standard InChI is InChI=1S/C17H14BrClF2/c18-14-9-15(20)13(8-16(14)21)17(19)12-7-3-5-10-4-1-2-6-11(10)12/h1-2,4,6,8-9,12,17H,3,5,7H2. The minimum absolute atomic E-state index is 0.0201. The number of hydrogen-bond donors (Lipinski definition) is 0. The molecule has 2 unspecified atom stereocenters. The summed E-state index contributed by atoms with van der Waals surface area (Å²) in [4.78, 5) is 0. The number of aryl methyl sites for hydroxylation is 1. The number of hydrogen-bond acceptors (Lipinski definition) is 0. The number of alkyl halides is 1. The second-order valence-electron chi connectivity index (χ2n) is 5.39. The fourth-order valence-electron chi connectivity index (χ4n) is 3.06. The van der Waals surface area contributed by atoms with Crippen LogP contribution in [0.1, 0.15) is 40.8 Å². The third kappa shape index (κ3) is 2.86. The average Bonchev–Trinajstić information content (AvgIpc) is 2.49. The second-order valence-corrected chi connectivity index (χ2v) is 6.71.